The normalized spacial score (nSPS) is 31.1. The minimum Gasteiger partial charge on any atom is -0.316 e. The molecule has 1 saturated carbocycles. The van der Waals surface area contributed by atoms with Gasteiger partial charge in [-0.15, -0.1) is 12.4 Å². The third-order valence-corrected chi connectivity index (χ3v) is 3.05. The minimum absolute atomic E-state index is 0. The Balaban J connectivity index is 0.000000605. The highest BCUT2D eigenvalue weighted by atomic mass is 35.5. The van der Waals surface area contributed by atoms with Gasteiger partial charge in [0.2, 0.25) is 0 Å². The molecule has 1 heterocycles. The van der Waals surface area contributed by atoms with Gasteiger partial charge in [-0.3, -0.25) is 0 Å². The van der Waals surface area contributed by atoms with Crippen LogP contribution in [0.2, 0.25) is 0 Å². The van der Waals surface area contributed by atoms with Crippen LogP contribution in [0.3, 0.4) is 0 Å². The summed E-state index contributed by atoms with van der Waals surface area (Å²) >= 11 is 0. The summed E-state index contributed by atoms with van der Waals surface area (Å²) in [5.74, 6) is 2.15. The molecule has 1 nitrogen and oxygen atoms in total. The molecule has 2 rings (SSSR count). The predicted octanol–water partition coefficient (Wildman–Crippen LogP) is 2.21. The summed E-state index contributed by atoms with van der Waals surface area (Å²) in [6.07, 6.45) is 7.52. The van der Waals surface area contributed by atoms with Crippen molar-refractivity contribution in [1.82, 2.24) is 5.32 Å². The third kappa shape index (κ3) is 2.34. The Morgan fingerprint density at radius 3 is 2.36 bits per heavy atom. The maximum Gasteiger partial charge on any atom is -0.00199 e. The van der Waals surface area contributed by atoms with E-state index in [4.69, 9.17) is 0 Å². The van der Waals surface area contributed by atoms with E-state index >= 15 is 0 Å². The summed E-state index contributed by atoms with van der Waals surface area (Å²) in [6.45, 7) is 2.58. The minimum atomic E-state index is 0. The fourth-order valence-electron chi connectivity index (χ4n) is 2.12. The zero-order chi connectivity index (χ0) is 6.81. The lowest BCUT2D eigenvalue weighted by atomic mass is 9.79. The first-order chi connectivity index (χ1) is 4.95. The highest BCUT2D eigenvalue weighted by molar-refractivity contribution is 5.85. The van der Waals surface area contributed by atoms with Crippen LogP contribution < -0.4 is 5.32 Å². The van der Waals surface area contributed by atoms with Crippen molar-refractivity contribution in [3.05, 3.63) is 0 Å². The van der Waals surface area contributed by atoms with Crippen LogP contribution in [0.25, 0.3) is 0 Å². The van der Waals surface area contributed by atoms with Gasteiger partial charge in [0.05, 0.1) is 0 Å². The van der Waals surface area contributed by atoms with E-state index in [0.29, 0.717) is 0 Å². The van der Waals surface area contributed by atoms with Crippen molar-refractivity contribution in [2.75, 3.05) is 13.1 Å². The van der Waals surface area contributed by atoms with Gasteiger partial charge < -0.3 is 5.32 Å². The van der Waals surface area contributed by atoms with E-state index < -0.39 is 0 Å². The monoisotopic (exact) mass is 175 g/mol. The second-order valence-electron chi connectivity index (χ2n) is 3.89. The van der Waals surface area contributed by atoms with Crippen molar-refractivity contribution < 1.29 is 0 Å². The quantitative estimate of drug-likeness (QED) is 0.679. The van der Waals surface area contributed by atoms with Crippen LogP contribution in [0, 0.1) is 11.8 Å². The molecule has 0 aromatic heterocycles. The molecule has 0 aromatic rings. The van der Waals surface area contributed by atoms with Crippen LogP contribution in [0.5, 0.6) is 0 Å². The summed E-state index contributed by atoms with van der Waals surface area (Å²) in [5.41, 5.74) is 0. The Kier molecular flexibility index (Phi) is 3.67. The lowest BCUT2D eigenvalue weighted by molar-refractivity contribution is 0.256. The average Bonchev–Trinajstić information content (AvgIpc) is 2.29. The van der Waals surface area contributed by atoms with Crippen molar-refractivity contribution in [3.8, 4) is 0 Å². The van der Waals surface area contributed by atoms with Gasteiger partial charge in [-0.25, -0.2) is 0 Å². The smallest absolute Gasteiger partial charge is 0.00199 e. The van der Waals surface area contributed by atoms with E-state index in [9.17, 15) is 0 Å². The Bertz CT molecular complexity index is 106. The maximum absolute atomic E-state index is 3.43. The van der Waals surface area contributed by atoms with Crippen molar-refractivity contribution in [1.29, 1.82) is 0 Å². The van der Waals surface area contributed by atoms with Crippen LogP contribution in [0.1, 0.15) is 32.1 Å². The molecule has 2 heteroatoms. The van der Waals surface area contributed by atoms with E-state index in [-0.39, 0.29) is 12.4 Å². The van der Waals surface area contributed by atoms with Gasteiger partial charge in [0.15, 0.2) is 0 Å². The summed E-state index contributed by atoms with van der Waals surface area (Å²) in [6, 6.07) is 0. The average molecular weight is 176 g/mol. The first-order valence-corrected chi connectivity index (χ1v) is 4.66. The van der Waals surface area contributed by atoms with Gasteiger partial charge in [0, 0.05) is 0 Å². The molecule has 1 atom stereocenters. The number of hydrogen-bond acceptors (Lipinski definition) is 1. The molecule has 0 radical (unpaired) electrons. The van der Waals surface area contributed by atoms with Crippen LogP contribution in [-0.4, -0.2) is 13.1 Å². The van der Waals surface area contributed by atoms with E-state index in [2.05, 4.69) is 5.32 Å². The first-order valence-electron chi connectivity index (χ1n) is 4.66. The Morgan fingerprint density at radius 1 is 1.09 bits per heavy atom. The lowest BCUT2D eigenvalue weighted by Crippen LogP contribution is -2.17. The van der Waals surface area contributed by atoms with E-state index in [1.165, 1.54) is 45.2 Å². The fraction of sp³-hybridized carbons (Fsp3) is 1.00. The molecule has 0 aromatic carbocycles. The zero-order valence-corrected chi connectivity index (χ0v) is 7.83. The van der Waals surface area contributed by atoms with Crippen molar-refractivity contribution >= 4 is 12.4 Å². The van der Waals surface area contributed by atoms with Crippen LogP contribution in [-0.2, 0) is 0 Å². The molecule has 1 saturated heterocycles. The molecule has 0 spiro atoms. The Labute approximate surface area is 75.4 Å². The van der Waals surface area contributed by atoms with Crippen LogP contribution >= 0.6 is 12.4 Å². The summed E-state index contributed by atoms with van der Waals surface area (Å²) < 4.78 is 0. The highest BCUT2D eigenvalue weighted by Gasteiger charge is 2.23. The van der Waals surface area contributed by atoms with Gasteiger partial charge in [-0.1, -0.05) is 19.3 Å². The van der Waals surface area contributed by atoms with E-state index in [1.54, 1.807) is 0 Å². The number of rotatable bonds is 2. The Hall–Kier alpha value is 0.250. The summed E-state index contributed by atoms with van der Waals surface area (Å²) in [5, 5.41) is 3.43. The molecule has 1 N–H and O–H groups in total. The highest BCUT2D eigenvalue weighted by Crippen LogP contribution is 2.33. The Morgan fingerprint density at radius 2 is 1.91 bits per heavy atom. The van der Waals surface area contributed by atoms with Crippen LogP contribution in [0.4, 0.5) is 0 Å². The zero-order valence-electron chi connectivity index (χ0n) is 7.01. The molecule has 66 valence electrons. The summed E-state index contributed by atoms with van der Waals surface area (Å²) in [4.78, 5) is 0. The molecule has 1 unspecified atom stereocenters. The van der Waals surface area contributed by atoms with Crippen molar-refractivity contribution in [2.24, 2.45) is 11.8 Å². The standard InChI is InChI=1S/C9H17N.ClH/c1-2-8(3-1)6-9-4-5-10-7-9;/h8-10H,1-7H2;1H. The molecular formula is C9H18ClN. The SMILES string of the molecule is C1CC(CC2CCNC2)C1.Cl. The summed E-state index contributed by atoms with van der Waals surface area (Å²) in [7, 11) is 0. The van der Waals surface area contributed by atoms with Gasteiger partial charge in [0.1, 0.15) is 0 Å². The molecule has 0 amide bonds. The number of nitrogens with one attached hydrogen (secondary N) is 1. The molecule has 11 heavy (non-hydrogen) atoms. The third-order valence-electron chi connectivity index (χ3n) is 3.05. The topological polar surface area (TPSA) is 12.0 Å². The van der Waals surface area contributed by atoms with Crippen LogP contribution in [0.15, 0.2) is 0 Å². The molecule has 2 fully saturated rings. The van der Waals surface area contributed by atoms with E-state index in [0.717, 1.165) is 11.8 Å². The molecular weight excluding hydrogens is 158 g/mol. The molecule has 2 aliphatic rings. The predicted molar refractivity (Wildman–Crippen MR) is 50.2 cm³/mol. The fourth-order valence-corrected chi connectivity index (χ4v) is 2.12. The van der Waals surface area contributed by atoms with Crippen molar-refractivity contribution in [2.45, 2.75) is 32.1 Å². The van der Waals surface area contributed by atoms with Gasteiger partial charge in [-0.2, -0.15) is 0 Å². The number of hydrogen-bond donors (Lipinski definition) is 1. The maximum atomic E-state index is 3.43. The van der Waals surface area contributed by atoms with Gasteiger partial charge >= 0.3 is 0 Å². The van der Waals surface area contributed by atoms with Gasteiger partial charge in [-0.05, 0) is 37.8 Å². The second kappa shape index (κ2) is 4.32. The first kappa shape index (κ1) is 9.34. The van der Waals surface area contributed by atoms with Crippen molar-refractivity contribution in [3.63, 3.8) is 0 Å². The second-order valence-corrected chi connectivity index (χ2v) is 3.89. The largest absolute Gasteiger partial charge is 0.316 e. The lowest BCUT2D eigenvalue weighted by Gasteiger charge is -2.27. The molecule has 1 aliphatic carbocycles. The molecule has 0 bridgehead atoms. The van der Waals surface area contributed by atoms with E-state index in [1.807, 2.05) is 0 Å². The molecule has 1 aliphatic heterocycles. The van der Waals surface area contributed by atoms with Gasteiger partial charge in [0.25, 0.3) is 0 Å². The number of halogens is 1.